The summed E-state index contributed by atoms with van der Waals surface area (Å²) in [6, 6.07) is 9.54. The molecule has 3 saturated carbocycles. The van der Waals surface area contributed by atoms with Gasteiger partial charge in [0.05, 0.1) is 0 Å². The summed E-state index contributed by atoms with van der Waals surface area (Å²) in [4.78, 5) is 2.40. The van der Waals surface area contributed by atoms with Crippen LogP contribution >= 0.6 is 11.3 Å². The second-order valence-electron chi connectivity index (χ2n) is 7.34. The van der Waals surface area contributed by atoms with E-state index in [1.165, 1.54) is 42.3 Å². The third kappa shape index (κ3) is 2.43. The van der Waals surface area contributed by atoms with E-state index in [9.17, 15) is 0 Å². The van der Waals surface area contributed by atoms with Gasteiger partial charge in [-0.1, -0.05) is 12.1 Å². The lowest BCUT2D eigenvalue weighted by Gasteiger charge is -2.50. The Bertz CT molecular complexity index is 621. The quantitative estimate of drug-likeness (QED) is 0.772. The molecule has 0 amide bonds. The van der Waals surface area contributed by atoms with Crippen molar-refractivity contribution in [1.29, 1.82) is 0 Å². The Labute approximate surface area is 132 Å². The highest BCUT2D eigenvalue weighted by molar-refractivity contribution is 7.17. The number of benzene rings is 1. The molecule has 0 spiro atoms. The second-order valence-corrected chi connectivity index (χ2v) is 8.29. The number of thiophene rings is 1. The largest absolute Gasteiger partial charge is 0.309 e. The van der Waals surface area contributed by atoms with Gasteiger partial charge < -0.3 is 4.90 Å². The van der Waals surface area contributed by atoms with E-state index in [2.05, 4.69) is 48.6 Å². The Morgan fingerprint density at radius 2 is 1.81 bits per heavy atom. The van der Waals surface area contributed by atoms with E-state index in [0.29, 0.717) is 0 Å². The molecule has 1 nitrogen and oxygen atoms in total. The smallest absolute Gasteiger partial charge is 0.0342 e. The molecule has 112 valence electrons. The zero-order valence-electron chi connectivity index (χ0n) is 13.1. The van der Waals surface area contributed by atoms with Gasteiger partial charge in [-0.2, -0.15) is 0 Å². The van der Waals surface area contributed by atoms with Gasteiger partial charge in [-0.15, -0.1) is 11.3 Å². The molecule has 0 N–H and O–H groups in total. The van der Waals surface area contributed by atoms with Gasteiger partial charge in [0.15, 0.2) is 0 Å². The fraction of sp³-hybridized carbons (Fsp3) is 0.579. The van der Waals surface area contributed by atoms with Gasteiger partial charge in [-0.25, -0.2) is 0 Å². The van der Waals surface area contributed by atoms with Gasteiger partial charge in [-0.05, 0) is 91.9 Å². The van der Waals surface area contributed by atoms with Gasteiger partial charge in [0, 0.05) is 11.2 Å². The van der Waals surface area contributed by atoms with E-state index < -0.39 is 0 Å². The third-order valence-electron chi connectivity index (χ3n) is 5.83. The number of nitrogens with zero attached hydrogens (tertiary/aromatic N) is 1. The van der Waals surface area contributed by atoms with E-state index in [1.807, 2.05) is 11.3 Å². The number of hydrogen-bond acceptors (Lipinski definition) is 2. The molecule has 1 aromatic heterocycles. The SMILES string of the molecule is CN(C)C[C@@H]1C2CCC(CC2)[C@H]1c1ccc2sccc2c1. The number of fused-ring (bicyclic) bond motifs is 4. The fourth-order valence-electron chi connectivity index (χ4n) is 4.97. The van der Waals surface area contributed by atoms with E-state index >= 15 is 0 Å². The average molecular weight is 299 g/mol. The monoisotopic (exact) mass is 299 g/mol. The third-order valence-corrected chi connectivity index (χ3v) is 6.73. The van der Waals surface area contributed by atoms with Crippen LogP contribution in [0.15, 0.2) is 29.6 Å². The first-order valence-corrected chi connectivity index (χ1v) is 9.22. The highest BCUT2D eigenvalue weighted by atomic mass is 32.1. The Balaban J connectivity index is 1.72. The van der Waals surface area contributed by atoms with Crippen molar-refractivity contribution in [2.75, 3.05) is 20.6 Å². The predicted molar refractivity (Wildman–Crippen MR) is 92.1 cm³/mol. The molecule has 0 saturated heterocycles. The first-order chi connectivity index (χ1) is 10.2. The molecule has 2 atom stereocenters. The van der Waals surface area contributed by atoms with Crippen molar-refractivity contribution in [3.05, 3.63) is 35.2 Å². The lowest BCUT2D eigenvalue weighted by Crippen LogP contribution is -2.43. The van der Waals surface area contributed by atoms with Crippen LogP contribution in [0.25, 0.3) is 10.1 Å². The molecule has 3 aliphatic rings. The number of hydrogen-bond donors (Lipinski definition) is 0. The Morgan fingerprint density at radius 1 is 1.05 bits per heavy atom. The van der Waals surface area contributed by atoms with E-state index in [0.717, 1.165) is 23.7 Å². The summed E-state index contributed by atoms with van der Waals surface area (Å²) < 4.78 is 1.43. The van der Waals surface area contributed by atoms with E-state index in [-0.39, 0.29) is 0 Å². The van der Waals surface area contributed by atoms with Gasteiger partial charge in [0.1, 0.15) is 0 Å². The normalized spacial score (nSPS) is 32.1. The van der Waals surface area contributed by atoms with Crippen molar-refractivity contribution in [2.24, 2.45) is 17.8 Å². The van der Waals surface area contributed by atoms with Crippen LogP contribution in [-0.2, 0) is 0 Å². The van der Waals surface area contributed by atoms with E-state index in [1.54, 1.807) is 5.56 Å². The van der Waals surface area contributed by atoms with Crippen molar-refractivity contribution in [3.8, 4) is 0 Å². The second kappa shape index (κ2) is 5.40. The molecule has 2 heteroatoms. The molecule has 5 rings (SSSR count). The van der Waals surface area contributed by atoms with Crippen molar-refractivity contribution < 1.29 is 0 Å². The standard InChI is InChI=1S/C19H25NS/c1-20(2)12-17-13-3-5-14(6-4-13)19(17)16-7-8-18-15(11-16)9-10-21-18/h7-11,13-14,17,19H,3-6,12H2,1-2H3/t13?,14?,17-,19+/m1/s1. The molecule has 0 radical (unpaired) electrons. The van der Waals surface area contributed by atoms with Crippen molar-refractivity contribution in [1.82, 2.24) is 4.90 Å². The molecule has 21 heavy (non-hydrogen) atoms. The van der Waals surface area contributed by atoms with Crippen molar-refractivity contribution in [2.45, 2.75) is 31.6 Å². The van der Waals surface area contributed by atoms with Gasteiger partial charge in [0.2, 0.25) is 0 Å². The molecular weight excluding hydrogens is 274 g/mol. The molecule has 2 aromatic rings. The lowest BCUT2D eigenvalue weighted by molar-refractivity contribution is 0.0507. The Morgan fingerprint density at radius 3 is 2.57 bits per heavy atom. The Kier molecular flexibility index (Phi) is 3.55. The summed E-state index contributed by atoms with van der Waals surface area (Å²) >= 11 is 1.86. The fourth-order valence-corrected chi connectivity index (χ4v) is 5.74. The van der Waals surface area contributed by atoms with Crippen LogP contribution in [-0.4, -0.2) is 25.5 Å². The molecule has 2 bridgehead atoms. The maximum atomic E-state index is 2.49. The van der Waals surface area contributed by atoms with E-state index in [4.69, 9.17) is 0 Å². The minimum atomic E-state index is 0.796. The number of rotatable bonds is 3. The minimum absolute atomic E-state index is 0.796. The van der Waals surface area contributed by atoms with Crippen LogP contribution in [0.3, 0.4) is 0 Å². The van der Waals surface area contributed by atoms with Gasteiger partial charge in [0.25, 0.3) is 0 Å². The summed E-state index contributed by atoms with van der Waals surface area (Å²) in [5, 5.41) is 3.67. The summed E-state index contributed by atoms with van der Waals surface area (Å²) in [7, 11) is 4.48. The first kappa shape index (κ1) is 13.8. The van der Waals surface area contributed by atoms with Crippen LogP contribution in [0, 0.1) is 17.8 Å². The lowest BCUT2D eigenvalue weighted by atomic mass is 9.57. The molecule has 3 aliphatic carbocycles. The summed E-state index contributed by atoms with van der Waals surface area (Å²) in [6.45, 7) is 1.26. The highest BCUT2D eigenvalue weighted by Gasteiger charge is 2.44. The molecule has 0 aliphatic heterocycles. The van der Waals surface area contributed by atoms with Crippen LogP contribution in [0.4, 0.5) is 0 Å². The summed E-state index contributed by atoms with van der Waals surface area (Å²) in [6.07, 6.45) is 5.86. The maximum absolute atomic E-state index is 2.49. The zero-order valence-corrected chi connectivity index (χ0v) is 13.9. The van der Waals surface area contributed by atoms with Crippen molar-refractivity contribution in [3.63, 3.8) is 0 Å². The topological polar surface area (TPSA) is 3.24 Å². The Hall–Kier alpha value is -0.860. The van der Waals surface area contributed by atoms with Crippen LogP contribution in [0.2, 0.25) is 0 Å². The van der Waals surface area contributed by atoms with Gasteiger partial charge >= 0.3 is 0 Å². The molecule has 1 heterocycles. The maximum Gasteiger partial charge on any atom is 0.0342 e. The van der Waals surface area contributed by atoms with Crippen LogP contribution < -0.4 is 0 Å². The van der Waals surface area contributed by atoms with Gasteiger partial charge in [-0.3, -0.25) is 0 Å². The molecular formula is C19H25NS. The first-order valence-electron chi connectivity index (χ1n) is 8.34. The molecule has 1 aromatic carbocycles. The summed E-state index contributed by atoms with van der Waals surface area (Å²) in [5.74, 6) is 3.55. The summed E-state index contributed by atoms with van der Waals surface area (Å²) in [5.41, 5.74) is 1.61. The van der Waals surface area contributed by atoms with Crippen molar-refractivity contribution >= 4 is 21.4 Å². The highest BCUT2D eigenvalue weighted by Crippen LogP contribution is 2.53. The zero-order chi connectivity index (χ0) is 14.4. The van der Waals surface area contributed by atoms with Crippen LogP contribution in [0.5, 0.6) is 0 Å². The molecule has 0 unspecified atom stereocenters. The average Bonchev–Trinajstić information content (AvgIpc) is 2.95. The van der Waals surface area contributed by atoms with Crippen LogP contribution in [0.1, 0.15) is 37.2 Å². The predicted octanol–water partition coefficient (Wildman–Crippen LogP) is 4.98. The minimum Gasteiger partial charge on any atom is -0.309 e. The molecule has 3 fully saturated rings.